The van der Waals surface area contributed by atoms with Gasteiger partial charge in [-0.1, -0.05) is 61.8 Å². The molecule has 1 saturated carbocycles. The second-order valence-electron chi connectivity index (χ2n) is 10.9. The van der Waals surface area contributed by atoms with Gasteiger partial charge in [0.25, 0.3) is 0 Å². The summed E-state index contributed by atoms with van der Waals surface area (Å²) in [6.07, 6.45) is 7.25. The zero-order valence-corrected chi connectivity index (χ0v) is 18.7. The first kappa shape index (κ1) is 23.9. The van der Waals surface area contributed by atoms with Crippen LogP contribution in [0.15, 0.2) is 0 Å². The van der Waals surface area contributed by atoms with Crippen LogP contribution in [0, 0.1) is 22.7 Å². The van der Waals surface area contributed by atoms with Gasteiger partial charge < -0.3 is 0 Å². The van der Waals surface area contributed by atoms with Crippen LogP contribution in [0.2, 0.25) is 0 Å². The molecule has 0 spiro atoms. The molecule has 0 heterocycles. The van der Waals surface area contributed by atoms with E-state index in [-0.39, 0.29) is 0 Å². The molecule has 0 N–H and O–H groups in total. The lowest BCUT2D eigenvalue weighted by Crippen LogP contribution is -2.39. The van der Waals surface area contributed by atoms with E-state index in [1.54, 1.807) is 0 Å². The fourth-order valence-electron chi connectivity index (χ4n) is 3.99. The van der Waals surface area contributed by atoms with Crippen molar-refractivity contribution in [3.63, 3.8) is 0 Å². The quantitative estimate of drug-likeness (QED) is 0.243. The van der Waals surface area contributed by atoms with Crippen molar-refractivity contribution in [3.05, 3.63) is 0 Å². The number of hydrogen-bond donors (Lipinski definition) is 0. The highest BCUT2D eigenvalue weighted by Crippen LogP contribution is 2.34. The molecule has 0 aromatic heterocycles. The highest BCUT2D eigenvalue weighted by molar-refractivity contribution is 4.73. The van der Waals surface area contributed by atoms with Gasteiger partial charge in [0.15, 0.2) is 0 Å². The molecule has 0 aromatic rings. The molecule has 0 amide bonds. The van der Waals surface area contributed by atoms with Gasteiger partial charge in [0, 0.05) is 12.8 Å². The summed E-state index contributed by atoms with van der Waals surface area (Å²) in [6, 6.07) is 0. The maximum Gasteiger partial charge on any atom is 0.233 e. The van der Waals surface area contributed by atoms with Gasteiger partial charge in [0.05, 0.1) is 13.2 Å². The van der Waals surface area contributed by atoms with E-state index in [1.165, 1.54) is 6.42 Å². The lowest BCUT2D eigenvalue weighted by molar-refractivity contribution is -0.519. The van der Waals surface area contributed by atoms with Gasteiger partial charge in [0.1, 0.15) is 0 Å². The first-order valence-corrected chi connectivity index (χ1v) is 10.5. The minimum Gasteiger partial charge on any atom is -0.233 e. The summed E-state index contributed by atoms with van der Waals surface area (Å²) >= 11 is 0. The van der Waals surface area contributed by atoms with E-state index in [9.17, 15) is 0 Å². The molecule has 1 fully saturated rings. The van der Waals surface area contributed by atoms with Crippen molar-refractivity contribution in [3.8, 4) is 0 Å². The Hall–Kier alpha value is -0.160. The first-order chi connectivity index (χ1) is 11.9. The Balaban J connectivity index is 2.41. The molecule has 2 atom stereocenters. The molecule has 2 unspecified atom stereocenters. The summed E-state index contributed by atoms with van der Waals surface area (Å²) < 4.78 is 0. The average molecular weight is 373 g/mol. The molecule has 4 heteroatoms. The van der Waals surface area contributed by atoms with Crippen LogP contribution >= 0.6 is 0 Å². The zero-order valence-electron chi connectivity index (χ0n) is 18.7. The summed E-state index contributed by atoms with van der Waals surface area (Å²) in [5, 5.41) is 0. The van der Waals surface area contributed by atoms with E-state index in [0.717, 1.165) is 38.5 Å². The van der Waals surface area contributed by atoms with E-state index in [4.69, 9.17) is 19.6 Å². The van der Waals surface area contributed by atoms with E-state index in [2.05, 4.69) is 55.4 Å². The standard InChI is InChI=1S/C22H44O4/c1-18(14-20(3,4)5)16-23-25-22(12-10-9-11-13-22)26-24-17-19(2)15-21(6,7)8/h18-19H,9-17H2,1-8H3. The molecule has 4 nitrogen and oxygen atoms in total. The van der Waals surface area contributed by atoms with E-state index in [1.807, 2.05) is 0 Å². The zero-order chi connectivity index (χ0) is 19.8. The summed E-state index contributed by atoms with van der Waals surface area (Å²) in [4.78, 5) is 22.8. The minimum atomic E-state index is -0.735. The predicted molar refractivity (Wildman–Crippen MR) is 106 cm³/mol. The molecule has 0 saturated heterocycles. The van der Waals surface area contributed by atoms with E-state index in [0.29, 0.717) is 35.9 Å². The van der Waals surface area contributed by atoms with Crippen molar-refractivity contribution in [1.82, 2.24) is 0 Å². The van der Waals surface area contributed by atoms with Gasteiger partial charge in [-0.05, 0) is 48.3 Å². The Kier molecular flexibility index (Phi) is 9.55. The van der Waals surface area contributed by atoms with Crippen molar-refractivity contribution >= 4 is 0 Å². The van der Waals surface area contributed by atoms with Crippen molar-refractivity contribution in [1.29, 1.82) is 0 Å². The monoisotopic (exact) mass is 372 g/mol. The SMILES string of the molecule is CC(COOC1(OOCC(C)CC(C)(C)C)CCCCC1)CC(C)(C)C. The molecule has 1 aliphatic carbocycles. The topological polar surface area (TPSA) is 36.9 Å². The normalized spacial score (nSPS) is 20.8. The molecular weight excluding hydrogens is 328 g/mol. The largest absolute Gasteiger partial charge is 0.233 e. The third kappa shape index (κ3) is 10.9. The maximum absolute atomic E-state index is 5.79. The highest BCUT2D eigenvalue weighted by Gasteiger charge is 2.38. The molecule has 26 heavy (non-hydrogen) atoms. The number of hydrogen-bond acceptors (Lipinski definition) is 4. The molecule has 0 aliphatic heterocycles. The van der Waals surface area contributed by atoms with Gasteiger partial charge in [-0.15, -0.1) is 0 Å². The first-order valence-electron chi connectivity index (χ1n) is 10.5. The maximum atomic E-state index is 5.79. The fraction of sp³-hybridized carbons (Fsp3) is 1.00. The third-order valence-corrected chi connectivity index (χ3v) is 4.66. The minimum absolute atomic E-state index is 0.300. The van der Waals surface area contributed by atoms with E-state index >= 15 is 0 Å². The van der Waals surface area contributed by atoms with Crippen molar-refractivity contribution in [2.75, 3.05) is 13.2 Å². The third-order valence-electron chi connectivity index (χ3n) is 4.66. The van der Waals surface area contributed by atoms with Crippen LogP contribution < -0.4 is 0 Å². The van der Waals surface area contributed by atoms with Crippen LogP contribution in [0.5, 0.6) is 0 Å². The van der Waals surface area contributed by atoms with E-state index < -0.39 is 5.79 Å². The fourth-order valence-corrected chi connectivity index (χ4v) is 3.99. The average Bonchev–Trinajstić information content (AvgIpc) is 2.44. The Bertz CT molecular complexity index is 345. The molecule has 156 valence electrons. The summed E-state index contributed by atoms with van der Waals surface area (Å²) in [7, 11) is 0. The van der Waals surface area contributed by atoms with Gasteiger partial charge in [-0.25, -0.2) is 9.78 Å². The summed E-state index contributed by atoms with van der Waals surface area (Å²) in [6.45, 7) is 19.1. The summed E-state index contributed by atoms with van der Waals surface area (Å²) in [5.41, 5.74) is 0.599. The Labute approximate surface area is 162 Å². The Morgan fingerprint density at radius 1 is 0.692 bits per heavy atom. The Morgan fingerprint density at radius 3 is 1.42 bits per heavy atom. The molecule has 0 bridgehead atoms. The lowest BCUT2D eigenvalue weighted by Gasteiger charge is -2.34. The smallest absolute Gasteiger partial charge is 0.233 e. The molecule has 1 rings (SSSR count). The molecule has 0 aromatic carbocycles. The van der Waals surface area contributed by atoms with Crippen LogP contribution in [-0.2, 0) is 19.6 Å². The van der Waals surface area contributed by atoms with Gasteiger partial charge in [-0.3, -0.25) is 0 Å². The van der Waals surface area contributed by atoms with Gasteiger partial charge >= 0.3 is 0 Å². The van der Waals surface area contributed by atoms with Crippen molar-refractivity contribution < 1.29 is 19.6 Å². The van der Waals surface area contributed by atoms with Gasteiger partial charge in [0.2, 0.25) is 5.79 Å². The van der Waals surface area contributed by atoms with Crippen LogP contribution in [0.4, 0.5) is 0 Å². The van der Waals surface area contributed by atoms with Crippen LogP contribution in [0.3, 0.4) is 0 Å². The Morgan fingerprint density at radius 2 is 1.08 bits per heavy atom. The molecule has 1 aliphatic rings. The second kappa shape index (κ2) is 10.4. The summed E-state index contributed by atoms with van der Waals surface area (Å²) in [5.74, 6) is 0.160. The predicted octanol–water partition coefficient (Wildman–Crippen LogP) is 6.69. The van der Waals surface area contributed by atoms with Crippen molar-refractivity contribution in [2.24, 2.45) is 22.7 Å². The van der Waals surface area contributed by atoms with Crippen LogP contribution in [0.25, 0.3) is 0 Å². The molecular formula is C22H44O4. The number of rotatable bonds is 10. The van der Waals surface area contributed by atoms with Crippen LogP contribution in [-0.4, -0.2) is 19.0 Å². The second-order valence-corrected chi connectivity index (χ2v) is 10.9. The highest BCUT2D eigenvalue weighted by atomic mass is 17.3. The van der Waals surface area contributed by atoms with Gasteiger partial charge in [-0.2, -0.15) is 9.78 Å². The van der Waals surface area contributed by atoms with Crippen molar-refractivity contribution in [2.45, 2.75) is 106 Å². The van der Waals surface area contributed by atoms with Crippen LogP contribution in [0.1, 0.15) is 100 Å². The molecule has 0 radical (unpaired) electrons. The lowest BCUT2D eigenvalue weighted by atomic mass is 9.86.